The zero-order valence-corrected chi connectivity index (χ0v) is 15.4. The SMILES string of the molecule is CCOC(=O)c1nn(-c2ccccc2)cc1OCC(=O)Nc1cc(F)cc(F)c1. The van der Waals surface area contributed by atoms with Gasteiger partial charge in [0, 0.05) is 11.8 Å². The highest BCUT2D eigenvalue weighted by atomic mass is 19.1. The first-order valence-electron chi connectivity index (χ1n) is 8.67. The second kappa shape index (κ2) is 8.96. The number of ether oxygens (including phenoxy) is 2. The first kappa shape index (κ1) is 20.0. The monoisotopic (exact) mass is 401 g/mol. The maximum Gasteiger partial charge on any atom is 0.362 e. The number of carbonyl (C=O) groups excluding carboxylic acids is 2. The molecule has 0 aliphatic heterocycles. The summed E-state index contributed by atoms with van der Waals surface area (Å²) in [5.74, 6) is -2.99. The molecule has 1 amide bonds. The number of aromatic nitrogens is 2. The number of benzene rings is 2. The van der Waals surface area contributed by atoms with Gasteiger partial charge < -0.3 is 14.8 Å². The molecule has 0 aliphatic carbocycles. The molecular weight excluding hydrogens is 384 g/mol. The Hall–Kier alpha value is -3.75. The van der Waals surface area contributed by atoms with E-state index >= 15 is 0 Å². The second-order valence-electron chi connectivity index (χ2n) is 5.84. The van der Waals surface area contributed by atoms with Gasteiger partial charge in [-0.3, -0.25) is 4.79 Å². The highest BCUT2D eigenvalue weighted by Gasteiger charge is 2.21. The molecule has 0 atom stereocenters. The summed E-state index contributed by atoms with van der Waals surface area (Å²) >= 11 is 0. The number of nitrogens with one attached hydrogen (secondary N) is 1. The topological polar surface area (TPSA) is 82.4 Å². The minimum atomic E-state index is -0.824. The molecule has 0 saturated heterocycles. The van der Waals surface area contributed by atoms with Gasteiger partial charge in [0.05, 0.1) is 18.5 Å². The summed E-state index contributed by atoms with van der Waals surface area (Å²) in [7, 11) is 0. The zero-order valence-electron chi connectivity index (χ0n) is 15.4. The van der Waals surface area contributed by atoms with Crippen LogP contribution in [0.3, 0.4) is 0 Å². The average Bonchev–Trinajstić information content (AvgIpc) is 3.11. The van der Waals surface area contributed by atoms with E-state index in [0.717, 1.165) is 12.1 Å². The fraction of sp³-hybridized carbons (Fsp3) is 0.150. The standard InChI is InChI=1S/C20H17F2N3O4/c1-2-28-20(27)19-17(11-25(24-19)16-6-4-3-5-7-16)29-12-18(26)23-15-9-13(21)8-14(22)10-15/h3-11H,2,12H2,1H3,(H,23,26). The van der Waals surface area contributed by atoms with Crippen molar-refractivity contribution in [3.63, 3.8) is 0 Å². The molecule has 0 saturated carbocycles. The molecule has 0 aliphatic rings. The summed E-state index contributed by atoms with van der Waals surface area (Å²) in [5, 5.41) is 6.49. The minimum absolute atomic E-state index is 0.0351. The van der Waals surface area contributed by atoms with Crippen LogP contribution in [0.2, 0.25) is 0 Å². The molecule has 0 unspecified atom stereocenters. The molecular formula is C20H17F2N3O4. The Kier molecular flexibility index (Phi) is 6.18. The van der Waals surface area contributed by atoms with E-state index in [9.17, 15) is 18.4 Å². The van der Waals surface area contributed by atoms with Crippen molar-refractivity contribution in [1.29, 1.82) is 0 Å². The Bertz CT molecular complexity index is 1000. The van der Waals surface area contributed by atoms with Crippen LogP contribution < -0.4 is 10.1 Å². The van der Waals surface area contributed by atoms with Crippen LogP contribution in [-0.4, -0.2) is 34.9 Å². The van der Waals surface area contributed by atoms with Crippen molar-refractivity contribution in [2.75, 3.05) is 18.5 Å². The van der Waals surface area contributed by atoms with Crippen molar-refractivity contribution in [3.05, 3.63) is 72.1 Å². The summed E-state index contributed by atoms with van der Waals surface area (Å²) in [5.41, 5.74) is 0.523. The Labute approximate surface area is 164 Å². The van der Waals surface area contributed by atoms with E-state index < -0.39 is 30.1 Å². The van der Waals surface area contributed by atoms with Gasteiger partial charge in [0.2, 0.25) is 5.69 Å². The maximum atomic E-state index is 13.2. The van der Waals surface area contributed by atoms with Crippen molar-refractivity contribution >= 4 is 17.6 Å². The van der Waals surface area contributed by atoms with E-state index in [2.05, 4.69) is 10.4 Å². The van der Waals surface area contributed by atoms with Crippen LogP contribution in [0.15, 0.2) is 54.7 Å². The number of nitrogens with zero attached hydrogens (tertiary/aromatic N) is 2. The van der Waals surface area contributed by atoms with Gasteiger partial charge in [-0.05, 0) is 31.2 Å². The van der Waals surface area contributed by atoms with Crippen molar-refractivity contribution in [2.45, 2.75) is 6.92 Å². The van der Waals surface area contributed by atoms with Gasteiger partial charge in [0.1, 0.15) is 11.6 Å². The van der Waals surface area contributed by atoms with E-state index in [4.69, 9.17) is 9.47 Å². The maximum absolute atomic E-state index is 13.2. The number of carbonyl (C=O) groups is 2. The van der Waals surface area contributed by atoms with Crippen molar-refractivity contribution in [1.82, 2.24) is 9.78 Å². The van der Waals surface area contributed by atoms with Crippen LogP contribution in [0.1, 0.15) is 17.4 Å². The molecule has 7 nitrogen and oxygen atoms in total. The predicted octanol–water partition coefficient (Wildman–Crippen LogP) is 3.34. The van der Waals surface area contributed by atoms with Gasteiger partial charge in [0.25, 0.3) is 5.91 Å². The highest BCUT2D eigenvalue weighted by Crippen LogP contribution is 2.21. The molecule has 1 heterocycles. The minimum Gasteiger partial charge on any atom is -0.480 e. The number of para-hydroxylation sites is 1. The lowest BCUT2D eigenvalue weighted by Gasteiger charge is -2.07. The Balaban J connectivity index is 1.75. The van der Waals surface area contributed by atoms with E-state index in [1.807, 2.05) is 6.07 Å². The van der Waals surface area contributed by atoms with Crippen molar-refractivity contribution in [3.8, 4) is 11.4 Å². The smallest absolute Gasteiger partial charge is 0.362 e. The van der Waals surface area contributed by atoms with Gasteiger partial charge in [-0.1, -0.05) is 18.2 Å². The number of hydrogen-bond donors (Lipinski definition) is 1. The summed E-state index contributed by atoms with van der Waals surface area (Å²) in [6.45, 7) is 1.28. The van der Waals surface area contributed by atoms with Crippen LogP contribution >= 0.6 is 0 Å². The van der Waals surface area contributed by atoms with Crippen LogP contribution in [-0.2, 0) is 9.53 Å². The molecule has 0 radical (unpaired) electrons. The van der Waals surface area contributed by atoms with E-state index in [-0.39, 0.29) is 23.7 Å². The average molecular weight is 401 g/mol. The third kappa shape index (κ3) is 5.16. The predicted molar refractivity (Wildman–Crippen MR) is 100 cm³/mol. The van der Waals surface area contributed by atoms with Crippen LogP contribution in [0.5, 0.6) is 5.75 Å². The molecule has 1 N–H and O–H groups in total. The third-order valence-electron chi connectivity index (χ3n) is 3.68. The molecule has 1 aromatic heterocycles. The lowest BCUT2D eigenvalue weighted by molar-refractivity contribution is -0.118. The Morgan fingerprint density at radius 1 is 1.10 bits per heavy atom. The third-order valence-corrected chi connectivity index (χ3v) is 3.68. The van der Waals surface area contributed by atoms with Crippen LogP contribution in [0.25, 0.3) is 5.69 Å². The normalized spacial score (nSPS) is 10.4. The van der Waals surface area contributed by atoms with Crippen molar-refractivity contribution in [2.24, 2.45) is 0 Å². The fourth-order valence-electron chi connectivity index (χ4n) is 2.48. The summed E-state index contributed by atoms with van der Waals surface area (Å²) in [6.07, 6.45) is 1.44. The molecule has 150 valence electrons. The van der Waals surface area contributed by atoms with Gasteiger partial charge in [-0.2, -0.15) is 5.10 Å². The quantitative estimate of drug-likeness (QED) is 0.614. The number of hydrogen-bond acceptors (Lipinski definition) is 5. The summed E-state index contributed by atoms with van der Waals surface area (Å²) in [6, 6.07) is 11.6. The molecule has 3 rings (SSSR count). The summed E-state index contributed by atoms with van der Waals surface area (Å²) < 4.78 is 38.2. The first-order valence-corrected chi connectivity index (χ1v) is 8.67. The number of rotatable bonds is 7. The zero-order chi connectivity index (χ0) is 20.8. The van der Waals surface area contributed by atoms with E-state index in [1.165, 1.54) is 10.9 Å². The molecule has 0 fully saturated rings. The van der Waals surface area contributed by atoms with E-state index in [0.29, 0.717) is 11.8 Å². The summed E-state index contributed by atoms with van der Waals surface area (Å²) in [4.78, 5) is 24.2. The van der Waals surface area contributed by atoms with Gasteiger partial charge in [-0.25, -0.2) is 18.3 Å². The van der Waals surface area contributed by atoms with Gasteiger partial charge in [-0.15, -0.1) is 0 Å². The molecule has 3 aromatic rings. The largest absolute Gasteiger partial charge is 0.480 e. The number of amides is 1. The first-order chi connectivity index (χ1) is 14.0. The molecule has 2 aromatic carbocycles. The molecule has 0 bridgehead atoms. The lowest BCUT2D eigenvalue weighted by Crippen LogP contribution is -2.21. The molecule has 9 heteroatoms. The van der Waals surface area contributed by atoms with E-state index in [1.54, 1.807) is 31.2 Å². The van der Waals surface area contributed by atoms with Gasteiger partial charge in [0.15, 0.2) is 12.4 Å². The second-order valence-corrected chi connectivity index (χ2v) is 5.84. The highest BCUT2D eigenvalue weighted by molar-refractivity contribution is 5.93. The van der Waals surface area contributed by atoms with Crippen LogP contribution in [0.4, 0.5) is 14.5 Å². The Morgan fingerprint density at radius 3 is 2.45 bits per heavy atom. The molecule has 0 spiro atoms. The Morgan fingerprint density at radius 2 is 1.79 bits per heavy atom. The van der Waals surface area contributed by atoms with Crippen molar-refractivity contribution < 1.29 is 27.8 Å². The number of esters is 1. The number of anilines is 1. The lowest BCUT2D eigenvalue weighted by atomic mass is 10.3. The van der Waals surface area contributed by atoms with Crippen LogP contribution in [0, 0.1) is 11.6 Å². The fourth-order valence-corrected chi connectivity index (χ4v) is 2.48. The molecule has 29 heavy (non-hydrogen) atoms. The van der Waals surface area contributed by atoms with Gasteiger partial charge >= 0.3 is 5.97 Å². The number of halogens is 2.